The van der Waals surface area contributed by atoms with E-state index in [2.05, 4.69) is 10.6 Å². The Morgan fingerprint density at radius 2 is 1.88 bits per heavy atom. The molecule has 0 spiro atoms. The van der Waals surface area contributed by atoms with Crippen molar-refractivity contribution in [2.45, 2.75) is 5.92 Å². The molecular weight excluding hydrogens is 569 g/mol. The molecule has 0 saturated carbocycles. The Kier molecular flexibility index (Phi) is 7.91. The Morgan fingerprint density at radius 3 is 2.56 bits per heavy atom. The molecule has 2 N–H and O–H groups in total. The number of carbonyl (C=O) groups is 3. The zero-order valence-electron chi connectivity index (χ0n) is 22.1. The molecular formula is C29H25ClFN5O4S. The van der Waals surface area contributed by atoms with Crippen molar-refractivity contribution >= 4 is 52.2 Å². The number of fused-ring (bicyclic) bond motifs is 1. The summed E-state index contributed by atoms with van der Waals surface area (Å²) in [7, 11) is 3.29. The molecule has 0 fully saturated rings. The largest absolute Gasteiger partial charge is 0.351 e. The normalized spacial score (nSPS) is 14.0. The molecule has 2 aromatic heterocycles. The lowest BCUT2D eigenvalue weighted by Gasteiger charge is -2.19. The predicted molar refractivity (Wildman–Crippen MR) is 157 cm³/mol. The second kappa shape index (κ2) is 11.6. The lowest BCUT2D eigenvalue weighted by molar-refractivity contribution is 0.0827. The van der Waals surface area contributed by atoms with E-state index in [1.807, 2.05) is 0 Å². The van der Waals surface area contributed by atoms with Crippen LogP contribution in [0, 0.1) is 5.82 Å². The Hall–Kier alpha value is -4.48. The third-order valence-corrected chi connectivity index (χ3v) is 7.89. The maximum atomic E-state index is 15.0. The summed E-state index contributed by atoms with van der Waals surface area (Å²) in [6.07, 6.45) is 1.53. The maximum Gasteiger partial charge on any atom is 0.326 e. The number of rotatable bonds is 6. The lowest BCUT2D eigenvalue weighted by atomic mass is 9.98. The van der Waals surface area contributed by atoms with Gasteiger partial charge in [-0.15, -0.1) is 11.3 Å². The quantitative estimate of drug-likeness (QED) is 0.330. The predicted octanol–water partition coefficient (Wildman–Crippen LogP) is 4.96. The van der Waals surface area contributed by atoms with Crippen molar-refractivity contribution in [1.82, 2.24) is 14.8 Å². The number of hydrogen-bond acceptors (Lipinski definition) is 5. The van der Waals surface area contributed by atoms with Crippen LogP contribution in [0.25, 0.3) is 5.69 Å². The molecule has 4 amide bonds. The monoisotopic (exact) mass is 593 g/mol. The summed E-state index contributed by atoms with van der Waals surface area (Å²) < 4.78 is 16.8. The number of aromatic nitrogens is 1. The third-order valence-electron chi connectivity index (χ3n) is 6.66. The van der Waals surface area contributed by atoms with Gasteiger partial charge in [0.15, 0.2) is 0 Å². The number of nitrogens with zero attached hydrogens (tertiary/aromatic N) is 3. The van der Waals surface area contributed by atoms with E-state index in [1.54, 1.807) is 56.6 Å². The number of hydrogen-bond donors (Lipinski definition) is 2. The first kappa shape index (κ1) is 28.1. The zero-order valence-corrected chi connectivity index (χ0v) is 23.6. The van der Waals surface area contributed by atoms with Crippen molar-refractivity contribution in [3.63, 3.8) is 0 Å². The molecule has 3 heterocycles. The molecule has 0 radical (unpaired) electrons. The number of halogens is 2. The SMILES string of the molecule is CN(C)C(=O)c1ccc2c(c1)C(CNC(=O)c1ccc(Cl)s1)CN2C(=O)Nc1ccc(-n2ccccc2=O)cc1F. The van der Waals surface area contributed by atoms with E-state index in [1.165, 1.54) is 44.8 Å². The number of urea groups is 1. The van der Waals surface area contributed by atoms with E-state index >= 15 is 4.39 Å². The lowest BCUT2D eigenvalue weighted by Crippen LogP contribution is -2.36. The fraction of sp³-hybridized carbons (Fsp3) is 0.172. The molecule has 1 unspecified atom stereocenters. The van der Waals surface area contributed by atoms with Gasteiger partial charge in [-0.05, 0) is 54.1 Å². The maximum absolute atomic E-state index is 15.0. The van der Waals surface area contributed by atoms with Gasteiger partial charge in [-0.1, -0.05) is 17.7 Å². The summed E-state index contributed by atoms with van der Waals surface area (Å²) in [6.45, 7) is 0.380. The van der Waals surface area contributed by atoms with Crippen molar-refractivity contribution < 1.29 is 18.8 Å². The first-order chi connectivity index (χ1) is 19.6. The molecule has 41 heavy (non-hydrogen) atoms. The Morgan fingerprint density at radius 1 is 1.07 bits per heavy atom. The second-order valence-corrected chi connectivity index (χ2v) is 11.3. The molecule has 2 aromatic carbocycles. The van der Waals surface area contributed by atoms with Crippen LogP contribution in [0.5, 0.6) is 0 Å². The van der Waals surface area contributed by atoms with Gasteiger partial charge in [0.2, 0.25) is 0 Å². The number of benzene rings is 2. The van der Waals surface area contributed by atoms with Crippen LogP contribution in [0.4, 0.5) is 20.6 Å². The van der Waals surface area contributed by atoms with Gasteiger partial charge in [-0.25, -0.2) is 9.18 Å². The summed E-state index contributed by atoms with van der Waals surface area (Å²) in [5.41, 5.74) is 1.63. The van der Waals surface area contributed by atoms with Crippen molar-refractivity contribution in [1.29, 1.82) is 0 Å². The minimum absolute atomic E-state index is 0.0602. The highest BCUT2D eigenvalue weighted by atomic mass is 35.5. The van der Waals surface area contributed by atoms with Crippen molar-refractivity contribution in [3.8, 4) is 5.69 Å². The average Bonchev–Trinajstić information content (AvgIpc) is 3.56. The van der Waals surface area contributed by atoms with E-state index in [0.29, 0.717) is 31.7 Å². The Balaban J connectivity index is 1.38. The Bertz CT molecular complexity index is 1720. The van der Waals surface area contributed by atoms with Gasteiger partial charge in [0, 0.05) is 62.7 Å². The molecule has 0 saturated heterocycles. The van der Waals surface area contributed by atoms with Gasteiger partial charge in [-0.2, -0.15) is 0 Å². The van der Waals surface area contributed by atoms with Crippen LogP contribution >= 0.6 is 22.9 Å². The highest BCUT2D eigenvalue weighted by Gasteiger charge is 2.34. The highest BCUT2D eigenvalue weighted by molar-refractivity contribution is 7.18. The number of pyridine rings is 1. The Labute approximate surface area is 243 Å². The summed E-state index contributed by atoms with van der Waals surface area (Å²) >= 11 is 7.12. The number of carbonyl (C=O) groups excluding carboxylic acids is 3. The minimum atomic E-state index is -0.712. The summed E-state index contributed by atoms with van der Waals surface area (Å²) in [6, 6.07) is 16.4. The van der Waals surface area contributed by atoms with Gasteiger partial charge in [0.05, 0.1) is 20.6 Å². The van der Waals surface area contributed by atoms with Crippen LogP contribution in [0.15, 0.2) is 77.7 Å². The molecule has 1 aliphatic rings. The van der Waals surface area contributed by atoms with Gasteiger partial charge >= 0.3 is 6.03 Å². The smallest absolute Gasteiger partial charge is 0.326 e. The summed E-state index contributed by atoms with van der Waals surface area (Å²) in [4.78, 5) is 54.2. The van der Waals surface area contributed by atoms with Crippen LogP contribution in [0.2, 0.25) is 4.34 Å². The van der Waals surface area contributed by atoms with Crippen LogP contribution in [-0.4, -0.2) is 54.5 Å². The van der Waals surface area contributed by atoms with Gasteiger partial charge in [0.25, 0.3) is 17.4 Å². The van der Waals surface area contributed by atoms with Gasteiger partial charge < -0.3 is 15.5 Å². The molecule has 210 valence electrons. The van der Waals surface area contributed by atoms with Crippen LogP contribution in [0.1, 0.15) is 31.5 Å². The molecule has 5 rings (SSSR count). The van der Waals surface area contributed by atoms with E-state index in [0.717, 1.165) is 11.3 Å². The minimum Gasteiger partial charge on any atom is -0.351 e. The third kappa shape index (κ3) is 5.86. The first-order valence-electron chi connectivity index (χ1n) is 12.6. The first-order valence-corrected chi connectivity index (χ1v) is 13.8. The number of nitrogens with one attached hydrogen (secondary N) is 2. The number of thiophene rings is 1. The second-order valence-electron chi connectivity index (χ2n) is 9.60. The molecule has 12 heteroatoms. The van der Waals surface area contributed by atoms with Crippen LogP contribution in [-0.2, 0) is 0 Å². The molecule has 1 aliphatic heterocycles. The summed E-state index contributed by atoms with van der Waals surface area (Å²) in [5, 5.41) is 5.49. The summed E-state index contributed by atoms with van der Waals surface area (Å²) in [5.74, 6) is -1.54. The highest BCUT2D eigenvalue weighted by Crippen LogP contribution is 2.37. The van der Waals surface area contributed by atoms with Crippen molar-refractivity contribution in [2.75, 3.05) is 37.4 Å². The molecule has 0 bridgehead atoms. The van der Waals surface area contributed by atoms with Crippen molar-refractivity contribution in [2.24, 2.45) is 0 Å². The van der Waals surface area contributed by atoms with Crippen LogP contribution < -0.4 is 21.1 Å². The van der Waals surface area contributed by atoms with E-state index in [4.69, 9.17) is 11.6 Å². The molecule has 1 atom stereocenters. The van der Waals surface area contributed by atoms with Gasteiger partial charge in [0.1, 0.15) is 5.82 Å². The van der Waals surface area contributed by atoms with E-state index < -0.39 is 11.8 Å². The zero-order chi connectivity index (χ0) is 29.3. The van der Waals surface area contributed by atoms with Crippen molar-refractivity contribution in [3.05, 3.63) is 109 Å². The fourth-order valence-electron chi connectivity index (χ4n) is 4.62. The fourth-order valence-corrected chi connectivity index (χ4v) is 5.58. The number of amides is 4. The molecule has 9 nitrogen and oxygen atoms in total. The average molecular weight is 594 g/mol. The van der Waals surface area contributed by atoms with Gasteiger partial charge in [-0.3, -0.25) is 23.9 Å². The number of anilines is 2. The molecule has 4 aromatic rings. The topological polar surface area (TPSA) is 104 Å². The molecule has 0 aliphatic carbocycles. The standard InChI is InChI=1S/C29H25ClFN5O4S/c1-34(2)28(39)17-6-9-23-20(13-17)18(15-32-27(38)24-10-11-25(30)41-24)16-36(23)29(40)33-22-8-7-19(14-21(22)31)35-12-4-3-5-26(35)37/h3-14,18H,15-16H2,1-2H3,(H,32,38)(H,33,40). The van der Waals surface area contributed by atoms with E-state index in [9.17, 15) is 19.2 Å². The van der Waals surface area contributed by atoms with E-state index in [-0.39, 0.29) is 42.1 Å². The van der Waals surface area contributed by atoms with Crippen LogP contribution in [0.3, 0.4) is 0 Å².